The Labute approximate surface area is 103 Å². The van der Waals surface area contributed by atoms with Gasteiger partial charge >= 0.3 is 0 Å². The highest BCUT2D eigenvalue weighted by Gasteiger charge is 2.16. The van der Waals surface area contributed by atoms with Gasteiger partial charge in [0.05, 0.1) is 6.61 Å². The molecule has 94 valence electrons. The third kappa shape index (κ3) is 3.72. The van der Waals surface area contributed by atoms with Gasteiger partial charge in [0, 0.05) is 25.3 Å². The number of phenols is 1. The maximum Gasteiger partial charge on any atom is 0.120 e. The van der Waals surface area contributed by atoms with Crippen molar-refractivity contribution in [2.45, 2.75) is 19.4 Å². The largest absolute Gasteiger partial charge is 0.508 e. The Hall–Kier alpha value is -1.06. The maximum absolute atomic E-state index is 9.71. The molecule has 1 atom stereocenters. The van der Waals surface area contributed by atoms with Gasteiger partial charge in [0.2, 0.25) is 0 Å². The molecule has 3 nitrogen and oxygen atoms in total. The lowest BCUT2D eigenvalue weighted by Gasteiger charge is -2.27. The summed E-state index contributed by atoms with van der Waals surface area (Å²) in [5.41, 5.74) is 0.992. The summed E-state index contributed by atoms with van der Waals surface area (Å²) in [4.78, 5) is 2.26. The summed E-state index contributed by atoms with van der Waals surface area (Å²) in [6.07, 6.45) is 2.43. The molecule has 0 radical (unpaired) electrons. The van der Waals surface area contributed by atoms with Gasteiger partial charge in [-0.1, -0.05) is 18.2 Å². The first-order chi connectivity index (χ1) is 8.25. The quantitative estimate of drug-likeness (QED) is 0.869. The van der Waals surface area contributed by atoms with Gasteiger partial charge in [-0.2, -0.15) is 0 Å². The van der Waals surface area contributed by atoms with Crippen molar-refractivity contribution in [2.75, 3.05) is 26.8 Å². The summed E-state index contributed by atoms with van der Waals surface area (Å²) < 4.78 is 5.48. The second-order valence-corrected chi connectivity index (χ2v) is 4.91. The van der Waals surface area contributed by atoms with Crippen LogP contribution in [0.5, 0.6) is 5.75 Å². The van der Waals surface area contributed by atoms with Gasteiger partial charge in [-0.25, -0.2) is 0 Å². The van der Waals surface area contributed by atoms with E-state index in [0.29, 0.717) is 11.7 Å². The van der Waals surface area contributed by atoms with Gasteiger partial charge in [0.15, 0.2) is 0 Å². The van der Waals surface area contributed by atoms with Gasteiger partial charge in [-0.05, 0) is 31.9 Å². The molecule has 1 aliphatic rings. The molecule has 1 aliphatic heterocycles. The van der Waals surface area contributed by atoms with Crippen molar-refractivity contribution in [3.8, 4) is 5.75 Å². The highest BCUT2D eigenvalue weighted by atomic mass is 16.5. The molecule has 0 aliphatic carbocycles. The number of hydrogen-bond donors (Lipinski definition) is 1. The van der Waals surface area contributed by atoms with Gasteiger partial charge < -0.3 is 14.7 Å². The van der Waals surface area contributed by atoms with Crippen LogP contribution in [0.4, 0.5) is 0 Å². The van der Waals surface area contributed by atoms with Gasteiger partial charge in [0.1, 0.15) is 5.75 Å². The normalized spacial score (nSPS) is 20.7. The Morgan fingerprint density at radius 3 is 2.94 bits per heavy atom. The Morgan fingerprint density at radius 1 is 1.41 bits per heavy atom. The summed E-state index contributed by atoms with van der Waals surface area (Å²) in [5, 5.41) is 9.71. The lowest BCUT2D eigenvalue weighted by molar-refractivity contribution is 0.0411. The van der Waals surface area contributed by atoms with Crippen LogP contribution in [0.15, 0.2) is 24.3 Å². The summed E-state index contributed by atoms with van der Waals surface area (Å²) in [6, 6.07) is 7.54. The Morgan fingerprint density at radius 2 is 2.24 bits per heavy atom. The number of phenolic OH excluding ortho intramolecular Hbond substituents is 1. The molecular formula is C14H21NO2. The molecule has 17 heavy (non-hydrogen) atoms. The Kier molecular flexibility index (Phi) is 4.40. The Bertz CT molecular complexity index is 348. The molecule has 1 N–H and O–H groups in total. The van der Waals surface area contributed by atoms with E-state index in [9.17, 15) is 5.11 Å². The molecule has 0 saturated carbocycles. The molecule has 1 saturated heterocycles. The second-order valence-electron chi connectivity index (χ2n) is 4.91. The van der Waals surface area contributed by atoms with Gasteiger partial charge in [0.25, 0.3) is 0 Å². The lowest BCUT2D eigenvalue weighted by atomic mass is 10.0. The highest BCUT2D eigenvalue weighted by Crippen LogP contribution is 2.19. The average molecular weight is 235 g/mol. The topological polar surface area (TPSA) is 32.7 Å². The summed E-state index contributed by atoms with van der Waals surface area (Å²) >= 11 is 0. The molecule has 0 aromatic heterocycles. The fourth-order valence-corrected chi connectivity index (χ4v) is 2.39. The van der Waals surface area contributed by atoms with E-state index < -0.39 is 0 Å². The smallest absolute Gasteiger partial charge is 0.120 e. The van der Waals surface area contributed by atoms with E-state index >= 15 is 0 Å². The average Bonchev–Trinajstić information content (AvgIpc) is 2.33. The first-order valence-corrected chi connectivity index (χ1v) is 6.29. The van der Waals surface area contributed by atoms with Crippen molar-refractivity contribution in [2.24, 2.45) is 5.92 Å². The van der Waals surface area contributed by atoms with E-state index in [1.807, 2.05) is 18.2 Å². The minimum Gasteiger partial charge on any atom is -0.508 e. The Balaban J connectivity index is 1.84. The molecule has 0 bridgehead atoms. The first kappa shape index (κ1) is 12.4. The van der Waals surface area contributed by atoms with Crippen LogP contribution >= 0.6 is 0 Å². The fraction of sp³-hybridized carbons (Fsp3) is 0.571. The molecule has 2 rings (SSSR count). The maximum atomic E-state index is 9.71. The number of nitrogens with zero attached hydrogens (tertiary/aromatic N) is 1. The highest BCUT2D eigenvalue weighted by molar-refractivity contribution is 5.31. The minimum atomic E-state index is 0.388. The van der Waals surface area contributed by atoms with Crippen LogP contribution in [-0.4, -0.2) is 36.8 Å². The third-order valence-corrected chi connectivity index (χ3v) is 3.26. The predicted octanol–water partition coefficient (Wildman–Crippen LogP) is 2.25. The molecule has 0 amide bonds. The number of hydrogen-bond acceptors (Lipinski definition) is 3. The van der Waals surface area contributed by atoms with E-state index in [4.69, 9.17) is 4.74 Å². The summed E-state index contributed by atoms with van der Waals surface area (Å²) in [6.45, 7) is 3.63. The molecular weight excluding hydrogens is 214 g/mol. The molecule has 1 aromatic rings. The molecule has 1 aromatic carbocycles. The SMILES string of the molecule is CN(Cc1ccccc1O)CC1CCCOC1. The molecule has 1 heterocycles. The van der Waals surface area contributed by atoms with Gasteiger partial charge in [-0.15, -0.1) is 0 Å². The van der Waals surface area contributed by atoms with Crippen LogP contribution in [0, 0.1) is 5.92 Å². The fourth-order valence-electron chi connectivity index (χ4n) is 2.39. The zero-order valence-electron chi connectivity index (χ0n) is 10.4. The molecule has 1 fully saturated rings. The number of ether oxygens (including phenoxy) is 1. The lowest BCUT2D eigenvalue weighted by Crippen LogP contribution is -2.30. The number of rotatable bonds is 4. The van der Waals surface area contributed by atoms with Crippen LogP contribution in [-0.2, 0) is 11.3 Å². The monoisotopic (exact) mass is 235 g/mol. The summed E-state index contributed by atoms with van der Waals surface area (Å²) in [5.74, 6) is 1.03. The zero-order valence-corrected chi connectivity index (χ0v) is 10.4. The predicted molar refractivity (Wildman–Crippen MR) is 68.0 cm³/mol. The zero-order chi connectivity index (χ0) is 12.1. The van der Waals surface area contributed by atoms with Crippen molar-refractivity contribution in [1.29, 1.82) is 0 Å². The van der Waals surface area contributed by atoms with Crippen LogP contribution in [0.1, 0.15) is 18.4 Å². The standard InChI is InChI=1S/C14H21NO2/c1-15(9-12-5-4-8-17-11-12)10-13-6-2-3-7-14(13)16/h2-3,6-7,12,16H,4-5,8-11H2,1H3. The van der Waals surface area contributed by atoms with Crippen molar-refractivity contribution < 1.29 is 9.84 Å². The first-order valence-electron chi connectivity index (χ1n) is 6.29. The van der Waals surface area contributed by atoms with Crippen molar-refractivity contribution >= 4 is 0 Å². The number of aromatic hydroxyl groups is 1. The molecule has 0 spiro atoms. The van der Waals surface area contributed by atoms with Crippen molar-refractivity contribution in [1.82, 2.24) is 4.90 Å². The number of para-hydroxylation sites is 1. The van der Waals surface area contributed by atoms with Crippen molar-refractivity contribution in [3.05, 3.63) is 29.8 Å². The second kappa shape index (κ2) is 6.03. The molecule has 3 heteroatoms. The van der Waals surface area contributed by atoms with Crippen LogP contribution in [0.2, 0.25) is 0 Å². The van der Waals surface area contributed by atoms with E-state index in [0.717, 1.165) is 31.9 Å². The van der Waals surface area contributed by atoms with Crippen molar-refractivity contribution in [3.63, 3.8) is 0 Å². The third-order valence-electron chi connectivity index (χ3n) is 3.26. The minimum absolute atomic E-state index is 0.388. The van der Waals surface area contributed by atoms with E-state index in [1.165, 1.54) is 12.8 Å². The summed E-state index contributed by atoms with van der Waals surface area (Å²) in [7, 11) is 2.10. The molecule has 1 unspecified atom stereocenters. The number of benzene rings is 1. The van der Waals surface area contributed by atoms with Gasteiger partial charge in [-0.3, -0.25) is 0 Å². The van der Waals surface area contributed by atoms with E-state index in [1.54, 1.807) is 6.07 Å². The van der Waals surface area contributed by atoms with Crippen LogP contribution in [0.3, 0.4) is 0 Å². The van der Waals surface area contributed by atoms with E-state index in [-0.39, 0.29) is 0 Å². The van der Waals surface area contributed by atoms with E-state index in [2.05, 4.69) is 11.9 Å². The van der Waals surface area contributed by atoms with Crippen LogP contribution < -0.4 is 0 Å². The van der Waals surface area contributed by atoms with Crippen LogP contribution in [0.25, 0.3) is 0 Å².